The zero-order chi connectivity index (χ0) is 18.6. The molecule has 2 nitrogen and oxygen atoms in total. The van der Waals surface area contributed by atoms with Gasteiger partial charge in [0.25, 0.3) is 0 Å². The third-order valence-corrected chi connectivity index (χ3v) is 6.27. The zero-order valence-corrected chi connectivity index (χ0v) is 15.8. The van der Waals surface area contributed by atoms with Crippen LogP contribution < -0.4 is 0 Å². The number of aromatic nitrogens is 2. The molecule has 0 saturated heterocycles. The molecule has 3 heterocycles. The van der Waals surface area contributed by atoms with Crippen LogP contribution in [-0.2, 0) is 0 Å². The molecule has 0 spiro atoms. The maximum absolute atomic E-state index is 2.46. The van der Waals surface area contributed by atoms with E-state index in [2.05, 4.69) is 95.6 Å². The quantitative estimate of drug-likeness (QED) is 0.304. The second kappa shape index (κ2) is 4.66. The molecule has 0 fully saturated rings. The Balaban J connectivity index is 1.80. The lowest BCUT2D eigenvalue weighted by atomic mass is 10.1. The van der Waals surface area contributed by atoms with Gasteiger partial charge >= 0.3 is 0 Å². The molecular weight excluding hydrogens is 340 g/mol. The second-order valence-electron chi connectivity index (χ2n) is 8.06. The molecule has 0 aliphatic carbocycles. The highest BCUT2D eigenvalue weighted by molar-refractivity contribution is 6.32. The summed E-state index contributed by atoms with van der Waals surface area (Å²) in [5.74, 6) is 0. The predicted molar refractivity (Wildman–Crippen MR) is 119 cm³/mol. The average molecular weight is 358 g/mol. The Morgan fingerprint density at radius 3 is 2.14 bits per heavy atom. The number of hydrogen-bond acceptors (Lipinski definition) is 0. The van der Waals surface area contributed by atoms with E-state index < -0.39 is 0 Å². The Hall–Kier alpha value is -3.52. The largest absolute Gasteiger partial charge is 0.309 e. The lowest BCUT2D eigenvalue weighted by Crippen LogP contribution is -1.96. The van der Waals surface area contributed by atoms with E-state index in [0.717, 1.165) is 0 Å². The summed E-state index contributed by atoms with van der Waals surface area (Å²) in [5, 5.41) is 5.45. The van der Waals surface area contributed by atoms with E-state index in [0.29, 0.717) is 0 Å². The molecule has 0 bridgehead atoms. The third-order valence-electron chi connectivity index (χ3n) is 6.27. The van der Waals surface area contributed by atoms with Crippen molar-refractivity contribution in [2.24, 2.45) is 0 Å². The SMILES string of the molecule is Cc1cc(C)cc(-n2c3cccc4c3c3c2ccc2c5ccccc5n4c23)c1. The summed E-state index contributed by atoms with van der Waals surface area (Å²) in [6.07, 6.45) is 0. The summed E-state index contributed by atoms with van der Waals surface area (Å²) in [4.78, 5) is 0. The van der Waals surface area contributed by atoms with Crippen molar-refractivity contribution in [1.82, 2.24) is 8.97 Å². The van der Waals surface area contributed by atoms with Gasteiger partial charge in [0.05, 0.1) is 27.6 Å². The van der Waals surface area contributed by atoms with E-state index in [4.69, 9.17) is 0 Å². The van der Waals surface area contributed by atoms with Gasteiger partial charge in [-0.2, -0.15) is 0 Å². The molecule has 0 saturated carbocycles. The first-order valence-electron chi connectivity index (χ1n) is 9.81. The van der Waals surface area contributed by atoms with Gasteiger partial charge in [-0.3, -0.25) is 0 Å². The molecule has 0 aliphatic rings. The van der Waals surface area contributed by atoms with Crippen LogP contribution in [0, 0.1) is 13.8 Å². The number of rotatable bonds is 1. The van der Waals surface area contributed by atoms with Crippen molar-refractivity contribution in [3.63, 3.8) is 0 Å². The monoisotopic (exact) mass is 358 g/mol. The molecule has 28 heavy (non-hydrogen) atoms. The van der Waals surface area contributed by atoms with Gasteiger partial charge in [0.1, 0.15) is 0 Å². The second-order valence-corrected chi connectivity index (χ2v) is 8.06. The molecule has 0 aliphatic heterocycles. The Morgan fingerprint density at radius 1 is 0.571 bits per heavy atom. The van der Waals surface area contributed by atoms with E-state index in [-0.39, 0.29) is 0 Å². The molecule has 0 radical (unpaired) electrons. The lowest BCUT2D eigenvalue weighted by molar-refractivity contribution is 1.16. The summed E-state index contributed by atoms with van der Waals surface area (Å²) in [7, 11) is 0. The zero-order valence-electron chi connectivity index (χ0n) is 15.8. The fourth-order valence-corrected chi connectivity index (χ4v) is 5.37. The third kappa shape index (κ3) is 1.52. The Morgan fingerprint density at radius 2 is 1.29 bits per heavy atom. The minimum Gasteiger partial charge on any atom is -0.309 e. The topological polar surface area (TPSA) is 9.34 Å². The summed E-state index contributed by atoms with van der Waals surface area (Å²) in [5.41, 5.74) is 10.4. The van der Waals surface area contributed by atoms with Gasteiger partial charge in [0, 0.05) is 27.2 Å². The molecule has 0 N–H and O–H groups in total. The van der Waals surface area contributed by atoms with Crippen LogP contribution in [-0.4, -0.2) is 8.97 Å². The van der Waals surface area contributed by atoms with Crippen LogP contribution in [0.1, 0.15) is 11.1 Å². The number of hydrogen-bond donors (Lipinski definition) is 0. The summed E-state index contributed by atoms with van der Waals surface area (Å²) in [6.45, 7) is 4.36. The standard InChI is InChI=1S/C26H18N2/c1-15-12-16(2)14-17(13-15)27-21-8-5-9-22-24(21)25-23(27)11-10-19-18-6-3-4-7-20(18)28(22)26(19)25/h3-14H,1-2H3. The molecule has 7 rings (SSSR count). The highest BCUT2D eigenvalue weighted by atomic mass is 15.0. The van der Waals surface area contributed by atoms with Crippen molar-refractivity contribution in [3.8, 4) is 5.69 Å². The smallest absolute Gasteiger partial charge is 0.0642 e. The first-order chi connectivity index (χ1) is 13.7. The maximum atomic E-state index is 2.46. The van der Waals surface area contributed by atoms with Crippen molar-refractivity contribution in [3.05, 3.63) is 83.9 Å². The number of benzene rings is 4. The van der Waals surface area contributed by atoms with Crippen LogP contribution in [0.2, 0.25) is 0 Å². The summed E-state index contributed by atoms with van der Waals surface area (Å²) < 4.78 is 4.90. The van der Waals surface area contributed by atoms with Crippen molar-refractivity contribution >= 4 is 49.1 Å². The van der Waals surface area contributed by atoms with Crippen LogP contribution in [0.5, 0.6) is 0 Å². The van der Waals surface area contributed by atoms with Crippen molar-refractivity contribution < 1.29 is 0 Å². The molecule has 2 heteroatoms. The van der Waals surface area contributed by atoms with Crippen LogP contribution in [0.3, 0.4) is 0 Å². The number of para-hydroxylation sites is 1. The summed E-state index contributed by atoms with van der Waals surface area (Å²) in [6, 6.07) is 26.9. The fraction of sp³-hybridized carbons (Fsp3) is 0.0769. The molecule has 0 unspecified atom stereocenters. The van der Waals surface area contributed by atoms with E-state index in [1.807, 2.05) is 0 Å². The van der Waals surface area contributed by atoms with Gasteiger partial charge < -0.3 is 8.97 Å². The van der Waals surface area contributed by atoms with E-state index >= 15 is 0 Å². The van der Waals surface area contributed by atoms with Crippen LogP contribution in [0.25, 0.3) is 54.8 Å². The Bertz CT molecular complexity index is 1660. The number of nitrogens with zero attached hydrogens (tertiary/aromatic N) is 2. The van der Waals surface area contributed by atoms with Gasteiger partial charge in [0.15, 0.2) is 0 Å². The minimum absolute atomic E-state index is 1.25. The van der Waals surface area contributed by atoms with Gasteiger partial charge in [-0.1, -0.05) is 36.4 Å². The van der Waals surface area contributed by atoms with Crippen molar-refractivity contribution in [2.75, 3.05) is 0 Å². The number of fused-ring (bicyclic) bond motifs is 4. The maximum Gasteiger partial charge on any atom is 0.0642 e. The highest BCUT2D eigenvalue weighted by Crippen LogP contribution is 2.45. The van der Waals surface area contributed by atoms with Gasteiger partial charge in [-0.05, 0) is 61.4 Å². The predicted octanol–water partition coefficient (Wildman–Crippen LogP) is 6.84. The Kier molecular flexibility index (Phi) is 2.42. The first kappa shape index (κ1) is 14.5. The van der Waals surface area contributed by atoms with Crippen LogP contribution in [0.4, 0.5) is 0 Å². The van der Waals surface area contributed by atoms with Crippen LogP contribution in [0.15, 0.2) is 72.8 Å². The van der Waals surface area contributed by atoms with E-state index in [1.165, 1.54) is 65.9 Å². The number of aryl methyl sites for hydroxylation is 2. The molecule has 132 valence electrons. The Labute approximate surface area is 161 Å². The molecule has 0 amide bonds. The van der Waals surface area contributed by atoms with Gasteiger partial charge in [0.2, 0.25) is 0 Å². The molecule has 7 aromatic rings. The van der Waals surface area contributed by atoms with Crippen molar-refractivity contribution in [1.29, 1.82) is 0 Å². The highest BCUT2D eigenvalue weighted by Gasteiger charge is 2.24. The van der Waals surface area contributed by atoms with E-state index in [9.17, 15) is 0 Å². The fourth-order valence-electron chi connectivity index (χ4n) is 5.37. The van der Waals surface area contributed by atoms with E-state index in [1.54, 1.807) is 0 Å². The average Bonchev–Trinajstić information content (AvgIpc) is 3.32. The molecule has 4 aromatic carbocycles. The van der Waals surface area contributed by atoms with Crippen LogP contribution >= 0.6 is 0 Å². The lowest BCUT2D eigenvalue weighted by Gasteiger charge is -2.11. The van der Waals surface area contributed by atoms with Gasteiger partial charge in [-0.25, -0.2) is 0 Å². The summed E-state index contributed by atoms with van der Waals surface area (Å²) >= 11 is 0. The molecule has 0 atom stereocenters. The molecule has 3 aromatic heterocycles. The van der Waals surface area contributed by atoms with Gasteiger partial charge in [-0.15, -0.1) is 0 Å². The normalized spacial score (nSPS) is 12.6. The van der Waals surface area contributed by atoms with Crippen molar-refractivity contribution in [2.45, 2.75) is 13.8 Å². The first-order valence-corrected chi connectivity index (χ1v) is 9.81. The minimum atomic E-state index is 1.25. The molecular formula is C26H18N2.